The lowest BCUT2D eigenvalue weighted by Gasteiger charge is -2.18. The van der Waals surface area contributed by atoms with Crippen molar-refractivity contribution in [2.45, 2.75) is 19.9 Å². The molecule has 0 fully saturated rings. The second kappa shape index (κ2) is 6.99. The van der Waals surface area contributed by atoms with Crippen molar-refractivity contribution in [1.82, 2.24) is 4.90 Å². The van der Waals surface area contributed by atoms with Crippen molar-refractivity contribution in [3.8, 4) is 11.5 Å². The molecule has 2 N–H and O–H groups in total. The maximum atomic E-state index is 11.7. The van der Waals surface area contributed by atoms with Crippen LogP contribution in [0.5, 0.6) is 11.5 Å². The van der Waals surface area contributed by atoms with Gasteiger partial charge < -0.3 is 20.1 Å². The monoisotopic (exact) mass is 266 g/mol. The molecular weight excluding hydrogens is 244 g/mol. The highest BCUT2D eigenvalue weighted by Crippen LogP contribution is 2.28. The third-order valence-electron chi connectivity index (χ3n) is 2.96. The van der Waals surface area contributed by atoms with Gasteiger partial charge in [0.05, 0.1) is 7.11 Å². The number of benzene rings is 1. The molecule has 19 heavy (non-hydrogen) atoms. The first-order valence-corrected chi connectivity index (χ1v) is 6.29. The molecule has 0 aliphatic heterocycles. The Morgan fingerprint density at radius 2 is 2.16 bits per heavy atom. The maximum Gasteiger partial charge on any atom is 0.260 e. The molecule has 0 unspecified atom stereocenters. The van der Waals surface area contributed by atoms with Crippen molar-refractivity contribution < 1.29 is 14.3 Å². The van der Waals surface area contributed by atoms with Crippen LogP contribution in [-0.2, 0) is 4.79 Å². The summed E-state index contributed by atoms with van der Waals surface area (Å²) in [5.41, 5.74) is 6.74. The average Bonchev–Trinajstić information content (AvgIpc) is 2.43. The Morgan fingerprint density at radius 1 is 1.47 bits per heavy atom. The molecule has 5 nitrogen and oxygen atoms in total. The highest BCUT2D eigenvalue weighted by molar-refractivity contribution is 5.77. The molecule has 0 saturated heterocycles. The molecule has 1 aromatic carbocycles. The predicted molar refractivity (Wildman–Crippen MR) is 74.4 cm³/mol. The van der Waals surface area contributed by atoms with Crippen LogP contribution in [0.2, 0.25) is 0 Å². The molecule has 0 aromatic heterocycles. The van der Waals surface area contributed by atoms with Gasteiger partial charge in [0.1, 0.15) is 11.5 Å². The van der Waals surface area contributed by atoms with Crippen molar-refractivity contribution >= 4 is 5.91 Å². The molecule has 0 radical (unpaired) electrons. The Bertz CT molecular complexity index is 433. The highest BCUT2D eigenvalue weighted by atomic mass is 16.5. The number of nitrogens with zero attached hydrogens (tertiary/aromatic N) is 1. The summed E-state index contributed by atoms with van der Waals surface area (Å²) in [4.78, 5) is 13.3. The van der Waals surface area contributed by atoms with Gasteiger partial charge in [-0.25, -0.2) is 0 Å². The number of carbonyl (C=O) groups is 1. The summed E-state index contributed by atoms with van der Waals surface area (Å²) in [6, 6.07) is 5.26. The Labute approximate surface area is 114 Å². The molecule has 0 aliphatic rings. The molecule has 1 aromatic rings. The number of methoxy groups -OCH3 is 1. The topological polar surface area (TPSA) is 64.8 Å². The van der Waals surface area contributed by atoms with Crippen LogP contribution in [0.4, 0.5) is 0 Å². The second-order valence-corrected chi connectivity index (χ2v) is 4.39. The summed E-state index contributed by atoms with van der Waals surface area (Å²) in [7, 11) is 3.32. The first-order valence-electron chi connectivity index (χ1n) is 6.29. The molecule has 0 heterocycles. The zero-order chi connectivity index (χ0) is 14.4. The Hall–Kier alpha value is -1.75. The Balaban J connectivity index is 2.83. The number of amides is 1. The fourth-order valence-electron chi connectivity index (χ4n) is 1.57. The van der Waals surface area contributed by atoms with E-state index in [4.69, 9.17) is 15.2 Å². The molecule has 106 valence electrons. The van der Waals surface area contributed by atoms with Gasteiger partial charge in [-0.05, 0) is 19.9 Å². The molecule has 1 amide bonds. The largest absolute Gasteiger partial charge is 0.497 e. The summed E-state index contributed by atoms with van der Waals surface area (Å²) in [5.74, 6) is 1.20. The van der Waals surface area contributed by atoms with E-state index in [-0.39, 0.29) is 18.6 Å². The number of hydrogen-bond acceptors (Lipinski definition) is 4. The average molecular weight is 266 g/mol. The molecule has 0 aliphatic carbocycles. The minimum atomic E-state index is -0.167. The Morgan fingerprint density at radius 3 is 2.68 bits per heavy atom. The van der Waals surface area contributed by atoms with Gasteiger partial charge in [0, 0.05) is 31.3 Å². The van der Waals surface area contributed by atoms with Crippen LogP contribution in [0.25, 0.3) is 0 Å². The summed E-state index contributed by atoms with van der Waals surface area (Å²) in [6.45, 7) is 4.43. The van der Waals surface area contributed by atoms with E-state index in [9.17, 15) is 4.79 Å². The maximum absolute atomic E-state index is 11.7. The summed E-state index contributed by atoms with van der Waals surface area (Å²) >= 11 is 0. The fraction of sp³-hybridized carbons (Fsp3) is 0.500. The van der Waals surface area contributed by atoms with E-state index in [2.05, 4.69) is 0 Å². The third-order valence-corrected chi connectivity index (χ3v) is 2.96. The second-order valence-electron chi connectivity index (χ2n) is 4.39. The van der Waals surface area contributed by atoms with Crippen LogP contribution in [0.15, 0.2) is 18.2 Å². The van der Waals surface area contributed by atoms with E-state index in [1.54, 1.807) is 25.1 Å². The lowest BCUT2D eigenvalue weighted by molar-refractivity contribution is -0.131. The molecular formula is C14H22N2O3. The van der Waals surface area contributed by atoms with Crippen molar-refractivity contribution in [3.63, 3.8) is 0 Å². The van der Waals surface area contributed by atoms with E-state index in [0.29, 0.717) is 18.0 Å². The van der Waals surface area contributed by atoms with Crippen molar-refractivity contribution in [2.24, 2.45) is 5.73 Å². The lowest BCUT2D eigenvalue weighted by atomic mass is 10.1. The Kier molecular flexibility index (Phi) is 5.63. The van der Waals surface area contributed by atoms with Crippen LogP contribution in [-0.4, -0.2) is 38.1 Å². The van der Waals surface area contributed by atoms with Crippen LogP contribution in [0.1, 0.15) is 25.5 Å². The van der Waals surface area contributed by atoms with Gasteiger partial charge in [0.2, 0.25) is 0 Å². The fourth-order valence-corrected chi connectivity index (χ4v) is 1.57. The molecule has 1 atom stereocenters. The number of ether oxygens (including phenoxy) is 2. The number of carbonyl (C=O) groups excluding carboxylic acids is 1. The predicted octanol–water partition coefficient (Wildman–Crippen LogP) is 1.57. The molecule has 0 bridgehead atoms. The zero-order valence-electron chi connectivity index (χ0n) is 12.0. The third kappa shape index (κ3) is 4.13. The molecule has 1 rings (SSSR count). The van der Waals surface area contributed by atoms with Crippen LogP contribution >= 0.6 is 0 Å². The number of likely N-dealkylation sites (N-methyl/N-ethyl adjacent to an activating group) is 1. The lowest BCUT2D eigenvalue weighted by Crippen LogP contribution is -2.31. The summed E-state index contributed by atoms with van der Waals surface area (Å²) in [6.07, 6.45) is 0. The van der Waals surface area contributed by atoms with E-state index in [1.165, 1.54) is 0 Å². The van der Waals surface area contributed by atoms with Gasteiger partial charge in [0.25, 0.3) is 5.91 Å². The van der Waals surface area contributed by atoms with E-state index < -0.39 is 0 Å². The summed E-state index contributed by atoms with van der Waals surface area (Å²) in [5, 5.41) is 0. The number of rotatable bonds is 6. The normalized spacial score (nSPS) is 11.8. The minimum Gasteiger partial charge on any atom is -0.497 e. The zero-order valence-corrected chi connectivity index (χ0v) is 12.0. The quantitative estimate of drug-likeness (QED) is 0.849. The first-order chi connectivity index (χ1) is 8.99. The van der Waals surface area contributed by atoms with Gasteiger partial charge in [-0.1, -0.05) is 6.07 Å². The molecule has 0 spiro atoms. The van der Waals surface area contributed by atoms with Crippen molar-refractivity contribution in [1.29, 1.82) is 0 Å². The van der Waals surface area contributed by atoms with Crippen LogP contribution < -0.4 is 15.2 Å². The van der Waals surface area contributed by atoms with Gasteiger partial charge in [-0.15, -0.1) is 0 Å². The molecule has 0 saturated carbocycles. The van der Waals surface area contributed by atoms with E-state index in [1.807, 2.05) is 26.0 Å². The molecule has 5 heteroatoms. The minimum absolute atomic E-state index is 0.00275. The van der Waals surface area contributed by atoms with Gasteiger partial charge in [-0.2, -0.15) is 0 Å². The summed E-state index contributed by atoms with van der Waals surface area (Å²) < 4.78 is 10.7. The first kappa shape index (κ1) is 15.3. The van der Waals surface area contributed by atoms with Gasteiger partial charge >= 0.3 is 0 Å². The van der Waals surface area contributed by atoms with Crippen molar-refractivity contribution in [2.75, 3.05) is 27.3 Å². The highest BCUT2D eigenvalue weighted by Gasteiger charge is 2.13. The standard InChI is InChI=1S/C14H22N2O3/c1-5-16(3)14(17)9-19-13-8-11(18-4)6-7-12(13)10(2)15/h6-8,10H,5,9,15H2,1-4H3/t10-/m0/s1. The van der Waals surface area contributed by atoms with Crippen molar-refractivity contribution in [3.05, 3.63) is 23.8 Å². The number of nitrogens with two attached hydrogens (primary N) is 1. The van der Waals surface area contributed by atoms with Gasteiger partial charge in [-0.3, -0.25) is 4.79 Å². The van der Waals surface area contributed by atoms with Crippen LogP contribution in [0, 0.1) is 0 Å². The van der Waals surface area contributed by atoms with Gasteiger partial charge in [0.15, 0.2) is 6.61 Å². The SMILES string of the molecule is CCN(C)C(=O)COc1cc(OC)ccc1[C@H](C)N. The van der Waals surface area contributed by atoms with E-state index in [0.717, 1.165) is 5.56 Å². The smallest absolute Gasteiger partial charge is 0.260 e. The number of hydrogen-bond donors (Lipinski definition) is 1. The van der Waals surface area contributed by atoms with Crippen LogP contribution in [0.3, 0.4) is 0 Å². The van der Waals surface area contributed by atoms with E-state index >= 15 is 0 Å².